The number of anilines is 1. The summed E-state index contributed by atoms with van der Waals surface area (Å²) in [6.45, 7) is 4.02. The van der Waals surface area contributed by atoms with Gasteiger partial charge in [-0.25, -0.2) is 0 Å². The zero-order valence-electron chi connectivity index (χ0n) is 11.1. The van der Waals surface area contributed by atoms with Crippen molar-refractivity contribution in [1.82, 2.24) is 5.32 Å². The first-order chi connectivity index (χ1) is 8.67. The molecule has 1 amide bonds. The van der Waals surface area contributed by atoms with Crippen LogP contribution in [0.4, 0.5) is 18.9 Å². The summed E-state index contributed by atoms with van der Waals surface area (Å²) >= 11 is 0. The van der Waals surface area contributed by atoms with Gasteiger partial charge in [-0.1, -0.05) is 6.07 Å². The second-order valence-electron chi connectivity index (χ2n) is 4.58. The van der Waals surface area contributed by atoms with Gasteiger partial charge in [-0.05, 0) is 44.0 Å². The molecule has 0 aromatic heterocycles. The van der Waals surface area contributed by atoms with Gasteiger partial charge in [0, 0.05) is 5.69 Å². The summed E-state index contributed by atoms with van der Waals surface area (Å²) in [5.41, 5.74) is 2.75. The molecule has 1 aromatic carbocycles. The second kappa shape index (κ2) is 5.95. The fourth-order valence-electron chi connectivity index (χ4n) is 1.71. The summed E-state index contributed by atoms with van der Waals surface area (Å²) in [7, 11) is 0. The van der Waals surface area contributed by atoms with E-state index in [1.165, 1.54) is 6.92 Å². The highest BCUT2D eigenvalue weighted by Gasteiger charge is 2.28. The van der Waals surface area contributed by atoms with Crippen molar-refractivity contribution in [2.24, 2.45) is 0 Å². The number of halogens is 3. The monoisotopic (exact) mass is 274 g/mol. The predicted octanol–water partition coefficient (Wildman–Crippen LogP) is 2.78. The molecule has 0 aliphatic heterocycles. The molecule has 0 aliphatic rings. The van der Waals surface area contributed by atoms with Crippen LogP contribution in [0.25, 0.3) is 0 Å². The van der Waals surface area contributed by atoms with Crippen molar-refractivity contribution >= 4 is 11.6 Å². The highest BCUT2D eigenvalue weighted by atomic mass is 19.4. The van der Waals surface area contributed by atoms with Gasteiger partial charge >= 0.3 is 6.18 Å². The molecule has 1 rings (SSSR count). The lowest BCUT2D eigenvalue weighted by atomic mass is 10.1. The zero-order chi connectivity index (χ0) is 14.6. The largest absolute Gasteiger partial charge is 0.405 e. The van der Waals surface area contributed by atoms with E-state index >= 15 is 0 Å². The third kappa shape index (κ3) is 5.63. The van der Waals surface area contributed by atoms with Gasteiger partial charge < -0.3 is 10.6 Å². The van der Waals surface area contributed by atoms with Gasteiger partial charge in [-0.2, -0.15) is 13.2 Å². The number of aryl methyl sites for hydroxylation is 2. The van der Waals surface area contributed by atoms with Gasteiger partial charge in [0.05, 0.1) is 0 Å². The Morgan fingerprint density at radius 3 is 2.21 bits per heavy atom. The summed E-state index contributed by atoms with van der Waals surface area (Å²) in [5, 5.41) is 4.73. The van der Waals surface area contributed by atoms with Crippen molar-refractivity contribution in [2.75, 3.05) is 11.9 Å². The minimum absolute atomic E-state index is 0.684. The number of carbonyl (C=O) groups is 1. The molecule has 106 valence electrons. The number of nitrogens with one attached hydrogen (secondary N) is 2. The molecule has 19 heavy (non-hydrogen) atoms. The number of rotatable bonds is 4. The number of hydrogen-bond donors (Lipinski definition) is 2. The van der Waals surface area contributed by atoms with E-state index in [1.54, 1.807) is 0 Å². The first-order valence-corrected chi connectivity index (χ1v) is 5.86. The van der Waals surface area contributed by atoms with Crippen LogP contribution in [0.2, 0.25) is 0 Å². The Kier molecular flexibility index (Phi) is 4.80. The molecule has 3 nitrogen and oxygen atoms in total. The molecule has 1 atom stereocenters. The quantitative estimate of drug-likeness (QED) is 0.886. The minimum atomic E-state index is -4.39. The zero-order valence-corrected chi connectivity index (χ0v) is 11.1. The van der Waals surface area contributed by atoms with Crippen LogP contribution in [0.15, 0.2) is 18.2 Å². The molecule has 0 bridgehead atoms. The molecule has 6 heteroatoms. The maximum absolute atomic E-state index is 12.0. The average Bonchev–Trinajstić information content (AvgIpc) is 2.23. The van der Waals surface area contributed by atoms with Crippen molar-refractivity contribution in [2.45, 2.75) is 33.0 Å². The normalized spacial score (nSPS) is 12.9. The van der Waals surface area contributed by atoms with E-state index in [0.717, 1.165) is 11.1 Å². The number of hydrogen-bond acceptors (Lipinski definition) is 2. The highest BCUT2D eigenvalue weighted by Crippen LogP contribution is 2.15. The maximum atomic E-state index is 12.0. The second-order valence-corrected chi connectivity index (χ2v) is 4.58. The van der Waals surface area contributed by atoms with Crippen molar-refractivity contribution in [3.05, 3.63) is 29.3 Å². The standard InChI is InChI=1S/C13H17F3N2O/c1-8-4-9(2)6-11(5-8)18-10(3)12(19)17-7-13(14,15)16/h4-6,10,18H,7H2,1-3H3,(H,17,19)/t10-/m1/s1. The van der Waals surface area contributed by atoms with E-state index in [9.17, 15) is 18.0 Å². The van der Waals surface area contributed by atoms with Crippen molar-refractivity contribution < 1.29 is 18.0 Å². The van der Waals surface area contributed by atoms with E-state index < -0.39 is 24.7 Å². The molecule has 0 unspecified atom stereocenters. The minimum Gasteiger partial charge on any atom is -0.374 e. The highest BCUT2D eigenvalue weighted by molar-refractivity contribution is 5.84. The first kappa shape index (κ1) is 15.3. The molecule has 0 saturated carbocycles. The molecule has 0 aliphatic carbocycles. The molecule has 0 heterocycles. The Labute approximate surface area is 110 Å². The fraction of sp³-hybridized carbons (Fsp3) is 0.462. The Morgan fingerprint density at radius 1 is 1.21 bits per heavy atom. The van der Waals surface area contributed by atoms with E-state index in [2.05, 4.69) is 5.32 Å². The summed E-state index contributed by atoms with van der Waals surface area (Å²) in [6, 6.07) is 4.91. The van der Waals surface area contributed by atoms with Crippen LogP contribution in [0, 0.1) is 13.8 Å². The van der Waals surface area contributed by atoms with Crippen LogP contribution >= 0.6 is 0 Å². The molecule has 0 saturated heterocycles. The van der Waals surface area contributed by atoms with Crippen LogP contribution in [0.1, 0.15) is 18.1 Å². The Hall–Kier alpha value is -1.72. The topological polar surface area (TPSA) is 41.1 Å². The van der Waals surface area contributed by atoms with E-state index in [1.807, 2.05) is 37.4 Å². The van der Waals surface area contributed by atoms with Gasteiger partial charge in [-0.3, -0.25) is 4.79 Å². The van der Waals surface area contributed by atoms with E-state index in [4.69, 9.17) is 0 Å². The lowest BCUT2D eigenvalue weighted by molar-refractivity contribution is -0.138. The van der Waals surface area contributed by atoms with Gasteiger partial charge in [0.2, 0.25) is 5.91 Å². The van der Waals surface area contributed by atoms with Gasteiger partial charge in [0.15, 0.2) is 0 Å². The number of benzene rings is 1. The third-order valence-corrected chi connectivity index (χ3v) is 2.46. The number of alkyl halides is 3. The molecular weight excluding hydrogens is 257 g/mol. The smallest absolute Gasteiger partial charge is 0.374 e. The van der Waals surface area contributed by atoms with Gasteiger partial charge in [0.1, 0.15) is 12.6 Å². The van der Waals surface area contributed by atoms with Crippen LogP contribution < -0.4 is 10.6 Å². The molecule has 2 N–H and O–H groups in total. The molecular formula is C13H17F3N2O. The van der Waals surface area contributed by atoms with E-state index in [0.29, 0.717) is 5.69 Å². The van der Waals surface area contributed by atoms with Crippen LogP contribution in [0.5, 0.6) is 0 Å². The Morgan fingerprint density at radius 2 is 1.74 bits per heavy atom. The summed E-state index contributed by atoms with van der Waals surface area (Å²) in [4.78, 5) is 11.5. The van der Waals surface area contributed by atoms with Gasteiger partial charge in [-0.15, -0.1) is 0 Å². The van der Waals surface area contributed by atoms with Crippen LogP contribution in [0.3, 0.4) is 0 Å². The summed E-state index contributed by atoms with van der Waals surface area (Å²) in [6.07, 6.45) is -4.39. The summed E-state index contributed by atoms with van der Waals surface area (Å²) in [5.74, 6) is -0.684. The lowest BCUT2D eigenvalue weighted by Gasteiger charge is -2.17. The van der Waals surface area contributed by atoms with Crippen LogP contribution in [-0.4, -0.2) is 24.7 Å². The van der Waals surface area contributed by atoms with Crippen LogP contribution in [-0.2, 0) is 4.79 Å². The fourth-order valence-corrected chi connectivity index (χ4v) is 1.71. The predicted molar refractivity (Wildman–Crippen MR) is 68.1 cm³/mol. The summed E-state index contributed by atoms with van der Waals surface area (Å²) < 4.78 is 35.9. The SMILES string of the molecule is Cc1cc(C)cc(N[C@H](C)C(=O)NCC(F)(F)F)c1. The average molecular weight is 274 g/mol. The molecule has 0 fully saturated rings. The molecule has 0 spiro atoms. The molecule has 1 aromatic rings. The van der Waals surface area contributed by atoms with E-state index in [-0.39, 0.29) is 0 Å². The third-order valence-electron chi connectivity index (χ3n) is 2.46. The van der Waals surface area contributed by atoms with Crippen molar-refractivity contribution in [3.8, 4) is 0 Å². The van der Waals surface area contributed by atoms with Crippen molar-refractivity contribution in [3.63, 3.8) is 0 Å². The number of carbonyl (C=O) groups excluding carboxylic acids is 1. The Bertz CT molecular complexity index is 437. The first-order valence-electron chi connectivity index (χ1n) is 5.86. The molecule has 0 radical (unpaired) electrons. The lowest BCUT2D eigenvalue weighted by Crippen LogP contribution is -2.42. The maximum Gasteiger partial charge on any atom is 0.405 e. The van der Waals surface area contributed by atoms with Gasteiger partial charge in [0.25, 0.3) is 0 Å². The number of amides is 1. The Balaban J connectivity index is 2.58. The van der Waals surface area contributed by atoms with Crippen molar-refractivity contribution in [1.29, 1.82) is 0 Å².